The topological polar surface area (TPSA) is 54.5 Å². The minimum absolute atomic E-state index is 0.113. The lowest BCUT2D eigenvalue weighted by atomic mass is 10.1. The van der Waals surface area contributed by atoms with Crippen molar-refractivity contribution < 1.29 is 14.4 Å². The highest BCUT2D eigenvalue weighted by Gasteiger charge is 2.24. The molecular weight excluding hydrogens is 194 g/mol. The summed E-state index contributed by atoms with van der Waals surface area (Å²) < 4.78 is 0. The molecule has 4 heteroatoms. The molecule has 1 aliphatic rings. The van der Waals surface area contributed by atoms with Crippen LogP contribution >= 0.6 is 0 Å². The lowest BCUT2D eigenvalue weighted by molar-refractivity contribution is -0.141. The fourth-order valence-electron chi connectivity index (χ4n) is 1.69. The molecule has 0 fully saturated rings. The number of allylic oxidation sites excluding steroid dienone is 2. The van der Waals surface area contributed by atoms with Crippen LogP contribution in [-0.4, -0.2) is 22.5 Å². The highest BCUT2D eigenvalue weighted by Crippen LogP contribution is 2.17. The van der Waals surface area contributed by atoms with Gasteiger partial charge in [-0.05, 0) is 19.3 Å². The Morgan fingerprint density at radius 2 is 1.80 bits per heavy atom. The van der Waals surface area contributed by atoms with Gasteiger partial charge in [-0.25, -0.2) is 4.90 Å². The summed E-state index contributed by atoms with van der Waals surface area (Å²) in [4.78, 5) is 35.1. The first-order valence-electron chi connectivity index (χ1n) is 5.08. The zero-order valence-electron chi connectivity index (χ0n) is 9.08. The first kappa shape index (κ1) is 11.6. The number of rotatable bonds is 1. The average Bonchev–Trinajstić information content (AvgIpc) is 2.31. The summed E-state index contributed by atoms with van der Waals surface area (Å²) in [7, 11) is 0. The number of nitrogens with zero attached hydrogens (tertiary/aromatic N) is 1. The maximum atomic E-state index is 11.7. The molecule has 0 aliphatic heterocycles. The molecule has 0 aromatic carbocycles. The molecule has 0 saturated heterocycles. The fourth-order valence-corrected chi connectivity index (χ4v) is 1.69. The van der Waals surface area contributed by atoms with Crippen molar-refractivity contribution >= 4 is 17.6 Å². The molecule has 0 atom stereocenters. The number of Topliss-reactive ketones (excluding diaryl/α,β-unsaturated/α-hetero) is 1. The largest absolute Gasteiger partial charge is 0.293 e. The van der Waals surface area contributed by atoms with Crippen LogP contribution in [0, 0.1) is 0 Å². The first-order chi connectivity index (χ1) is 7.04. The quantitative estimate of drug-likeness (QED) is 0.656. The van der Waals surface area contributed by atoms with Crippen molar-refractivity contribution in [2.24, 2.45) is 0 Å². The first-order valence-corrected chi connectivity index (χ1v) is 5.08. The van der Waals surface area contributed by atoms with Crippen molar-refractivity contribution in [1.29, 1.82) is 0 Å². The second-order valence-corrected chi connectivity index (χ2v) is 3.63. The maximum Gasteiger partial charge on any atom is 0.230 e. The predicted octanol–water partition coefficient (Wildman–Crippen LogP) is 1.41. The molecule has 1 aliphatic carbocycles. The Bertz CT molecular complexity index is 317. The van der Waals surface area contributed by atoms with Crippen molar-refractivity contribution in [2.75, 3.05) is 0 Å². The summed E-state index contributed by atoms with van der Waals surface area (Å²) in [6.45, 7) is 2.58. The van der Waals surface area contributed by atoms with E-state index in [4.69, 9.17) is 0 Å². The van der Waals surface area contributed by atoms with E-state index in [0.717, 1.165) is 24.2 Å². The van der Waals surface area contributed by atoms with Crippen molar-refractivity contribution in [2.45, 2.75) is 39.5 Å². The third-order valence-corrected chi connectivity index (χ3v) is 2.35. The van der Waals surface area contributed by atoms with Crippen LogP contribution in [0.4, 0.5) is 0 Å². The Hall–Kier alpha value is -1.45. The standard InChI is InChI=1S/C11H15NO3/c1-8(13)12(9(2)14)10-6-4-3-5-7-11(10)15/h6H,3-5,7H2,1-2H3. The third kappa shape index (κ3) is 2.75. The number of imide groups is 1. The van der Waals surface area contributed by atoms with Crippen LogP contribution in [0.3, 0.4) is 0 Å². The summed E-state index contributed by atoms with van der Waals surface area (Å²) in [5.41, 5.74) is 0.257. The molecule has 0 N–H and O–H groups in total. The minimum Gasteiger partial charge on any atom is -0.293 e. The molecule has 0 aromatic rings. The van der Waals surface area contributed by atoms with E-state index in [0.29, 0.717) is 6.42 Å². The van der Waals surface area contributed by atoms with Crippen molar-refractivity contribution in [1.82, 2.24) is 4.90 Å². The highest BCUT2D eigenvalue weighted by molar-refractivity contribution is 6.06. The molecular formula is C11H15NO3. The lowest BCUT2D eigenvalue weighted by Crippen LogP contribution is -2.35. The zero-order valence-corrected chi connectivity index (χ0v) is 9.08. The summed E-state index contributed by atoms with van der Waals surface area (Å²) in [6.07, 6.45) is 4.61. The molecule has 2 amide bonds. The van der Waals surface area contributed by atoms with E-state index >= 15 is 0 Å². The minimum atomic E-state index is -0.399. The molecule has 1 rings (SSSR count). The van der Waals surface area contributed by atoms with E-state index in [-0.39, 0.29) is 11.5 Å². The van der Waals surface area contributed by atoms with Crippen LogP contribution in [0.5, 0.6) is 0 Å². The zero-order chi connectivity index (χ0) is 11.4. The summed E-state index contributed by atoms with van der Waals surface area (Å²) >= 11 is 0. The molecule has 0 saturated carbocycles. The van der Waals surface area contributed by atoms with Gasteiger partial charge >= 0.3 is 0 Å². The molecule has 0 heterocycles. The van der Waals surface area contributed by atoms with Crippen molar-refractivity contribution in [3.8, 4) is 0 Å². The number of hydrogen-bond acceptors (Lipinski definition) is 3. The van der Waals surface area contributed by atoms with Crippen LogP contribution in [-0.2, 0) is 14.4 Å². The Balaban J connectivity index is 2.99. The average molecular weight is 209 g/mol. The van der Waals surface area contributed by atoms with E-state index < -0.39 is 11.8 Å². The number of ketones is 1. The second-order valence-electron chi connectivity index (χ2n) is 3.63. The van der Waals surface area contributed by atoms with Gasteiger partial charge in [0.2, 0.25) is 11.8 Å². The van der Waals surface area contributed by atoms with E-state index in [9.17, 15) is 14.4 Å². The number of amides is 2. The lowest BCUT2D eigenvalue weighted by Gasteiger charge is -2.18. The molecule has 82 valence electrons. The summed E-state index contributed by atoms with van der Waals surface area (Å²) in [5, 5.41) is 0. The fraction of sp³-hybridized carbons (Fsp3) is 0.545. The van der Waals surface area contributed by atoms with Crippen LogP contribution in [0.15, 0.2) is 11.8 Å². The summed E-state index contributed by atoms with van der Waals surface area (Å²) in [6, 6.07) is 0. The smallest absolute Gasteiger partial charge is 0.230 e. The van der Waals surface area contributed by atoms with E-state index in [1.165, 1.54) is 13.8 Å². The highest BCUT2D eigenvalue weighted by atomic mass is 16.2. The van der Waals surface area contributed by atoms with Crippen molar-refractivity contribution in [3.05, 3.63) is 11.8 Å². The van der Waals surface area contributed by atoms with Crippen LogP contribution in [0.2, 0.25) is 0 Å². The normalized spacial score (nSPS) is 16.7. The molecule has 0 unspecified atom stereocenters. The van der Waals surface area contributed by atoms with Gasteiger partial charge in [-0.3, -0.25) is 14.4 Å². The Morgan fingerprint density at radius 3 is 2.33 bits per heavy atom. The van der Waals surface area contributed by atoms with Crippen LogP contribution in [0.1, 0.15) is 39.5 Å². The molecule has 0 aromatic heterocycles. The molecule has 0 radical (unpaired) electrons. The van der Waals surface area contributed by atoms with Gasteiger partial charge in [-0.15, -0.1) is 0 Å². The number of carbonyl (C=O) groups is 3. The Labute approximate surface area is 88.9 Å². The van der Waals surface area contributed by atoms with Gasteiger partial charge in [0.1, 0.15) is 0 Å². The number of carbonyl (C=O) groups excluding carboxylic acids is 3. The molecule has 0 bridgehead atoms. The van der Waals surface area contributed by atoms with Crippen molar-refractivity contribution in [3.63, 3.8) is 0 Å². The second kappa shape index (κ2) is 4.87. The third-order valence-electron chi connectivity index (χ3n) is 2.35. The Morgan fingerprint density at radius 1 is 1.20 bits per heavy atom. The SMILES string of the molecule is CC(=O)N(C(C)=O)C1=CCCCCC1=O. The van der Waals surface area contributed by atoms with Gasteiger partial charge in [-0.2, -0.15) is 0 Å². The maximum absolute atomic E-state index is 11.7. The monoisotopic (exact) mass is 209 g/mol. The van der Waals surface area contributed by atoms with Gasteiger partial charge < -0.3 is 0 Å². The Kier molecular flexibility index (Phi) is 3.77. The summed E-state index contributed by atoms with van der Waals surface area (Å²) in [5.74, 6) is -0.911. The molecule has 4 nitrogen and oxygen atoms in total. The number of hydrogen-bond donors (Lipinski definition) is 0. The van der Waals surface area contributed by atoms with E-state index in [1.54, 1.807) is 6.08 Å². The van der Waals surface area contributed by atoms with Gasteiger partial charge in [0.15, 0.2) is 5.78 Å². The van der Waals surface area contributed by atoms with Crippen LogP contribution in [0.25, 0.3) is 0 Å². The van der Waals surface area contributed by atoms with Gasteiger partial charge in [0, 0.05) is 20.3 Å². The van der Waals surface area contributed by atoms with Gasteiger partial charge in [0.05, 0.1) is 5.70 Å². The predicted molar refractivity (Wildman–Crippen MR) is 54.8 cm³/mol. The van der Waals surface area contributed by atoms with E-state index in [1.807, 2.05) is 0 Å². The van der Waals surface area contributed by atoms with E-state index in [2.05, 4.69) is 0 Å². The molecule has 15 heavy (non-hydrogen) atoms. The van der Waals surface area contributed by atoms with Gasteiger partial charge in [-0.1, -0.05) is 6.08 Å². The molecule has 0 spiro atoms. The van der Waals surface area contributed by atoms with Gasteiger partial charge in [0.25, 0.3) is 0 Å². The van der Waals surface area contributed by atoms with Crippen LogP contribution < -0.4 is 0 Å².